The number of nitrogens with one attached hydrogen (secondary N) is 2. The van der Waals surface area contributed by atoms with Crippen molar-refractivity contribution >= 4 is 33.2 Å². The first kappa shape index (κ1) is 23.0. The molecule has 3 rings (SSSR count). The highest BCUT2D eigenvalue weighted by Crippen LogP contribution is 2.23. The second-order valence-corrected chi connectivity index (χ2v) is 8.62. The molecule has 2 N–H and O–H groups in total. The fourth-order valence-corrected chi connectivity index (χ4v) is 4.32. The minimum absolute atomic E-state index is 0.0883. The number of benzene rings is 3. The van der Waals surface area contributed by atoms with Crippen LogP contribution in [0.5, 0.6) is 0 Å². The van der Waals surface area contributed by atoms with Crippen LogP contribution in [0.2, 0.25) is 0 Å². The summed E-state index contributed by atoms with van der Waals surface area (Å²) in [5, 5.41) is 2.76. The molecule has 0 saturated carbocycles. The van der Waals surface area contributed by atoms with Crippen LogP contribution in [0.1, 0.15) is 34.6 Å². The molecule has 3 aromatic carbocycles. The van der Waals surface area contributed by atoms with E-state index in [-0.39, 0.29) is 22.1 Å². The molecule has 166 valence electrons. The summed E-state index contributed by atoms with van der Waals surface area (Å²) >= 11 is 0. The van der Waals surface area contributed by atoms with Gasteiger partial charge in [0, 0.05) is 13.1 Å². The zero-order valence-electron chi connectivity index (χ0n) is 17.9. The Morgan fingerprint density at radius 1 is 0.750 bits per heavy atom. The fourth-order valence-electron chi connectivity index (χ4n) is 3.22. The number of amides is 2. The van der Waals surface area contributed by atoms with E-state index in [0.717, 1.165) is 0 Å². The molecule has 0 spiro atoms. The van der Waals surface area contributed by atoms with Crippen LogP contribution in [0.4, 0.5) is 11.4 Å². The third kappa shape index (κ3) is 5.15. The summed E-state index contributed by atoms with van der Waals surface area (Å²) in [4.78, 5) is 27.7. The number of rotatable bonds is 8. The Hall–Kier alpha value is -3.65. The van der Waals surface area contributed by atoms with E-state index >= 15 is 0 Å². The standard InChI is InChI=1S/C24H25N3O4S/c1-3-27(4-2)24(29)20-15-9-10-16-21(20)25-23(28)19-14-8-11-17-22(19)26-32(30,31)18-12-6-5-7-13-18/h5-17,26H,3-4H2,1-2H3,(H,25,28). The highest BCUT2D eigenvalue weighted by Gasteiger charge is 2.21. The van der Waals surface area contributed by atoms with Crippen LogP contribution in [0.3, 0.4) is 0 Å². The lowest BCUT2D eigenvalue weighted by Crippen LogP contribution is -2.31. The van der Waals surface area contributed by atoms with Gasteiger partial charge < -0.3 is 10.2 Å². The summed E-state index contributed by atoms with van der Waals surface area (Å²) in [6.45, 7) is 4.86. The normalized spacial score (nSPS) is 10.9. The van der Waals surface area contributed by atoms with E-state index in [0.29, 0.717) is 24.3 Å². The Balaban J connectivity index is 1.89. The predicted octanol–water partition coefficient (Wildman–Crippen LogP) is 4.22. The summed E-state index contributed by atoms with van der Waals surface area (Å²) in [5.74, 6) is -0.722. The van der Waals surface area contributed by atoms with Crippen LogP contribution in [0, 0.1) is 0 Å². The molecular formula is C24H25N3O4S. The molecule has 0 aliphatic rings. The van der Waals surface area contributed by atoms with Crippen LogP contribution in [0.25, 0.3) is 0 Å². The van der Waals surface area contributed by atoms with E-state index in [4.69, 9.17) is 0 Å². The molecule has 7 nitrogen and oxygen atoms in total. The topological polar surface area (TPSA) is 95.6 Å². The van der Waals surface area contributed by atoms with Gasteiger partial charge in [-0.25, -0.2) is 8.42 Å². The minimum atomic E-state index is -3.87. The maximum absolute atomic E-state index is 13.1. The van der Waals surface area contributed by atoms with Gasteiger partial charge in [-0.1, -0.05) is 42.5 Å². The van der Waals surface area contributed by atoms with Crippen molar-refractivity contribution in [2.24, 2.45) is 0 Å². The van der Waals surface area contributed by atoms with Gasteiger partial charge in [0.15, 0.2) is 0 Å². The lowest BCUT2D eigenvalue weighted by atomic mass is 10.1. The van der Waals surface area contributed by atoms with Crippen LogP contribution in [-0.2, 0) is 10.0 Å². The van der Waals surface area contributed by atoms with Gasteiger partial charge >= 0.3 is 0 Å². The molecule has 0 heterocycles. The third-order valence-electron chi connectivity index (χ3n) is 4.93. The quantitative estimate of drug-likeness (QED) is 0.536. The molecule has 0 radical (unpaired) electrons. The average molecular weight is 452 g/mol. The first-order valence-corrected chi connectivity index (χ1v) is 11.7. The smallest absolute Gasteiger partial charge is 0.261 e. The Kier molecular flexibility index (Phi) is 7.27. The number of sulfonamides is 1. The number of hydrogen-bond donors (Lipinski definition) is 2. The summed E-state index contributed by atoms with van der Waals surface area (Å²) in [5.41, 5.74) is 1.00. The predicted molar refractivity (Wildman–Crippen MR) is 125 cm³/mol. The Morgan fingerprint density at radius 3 is 1.91 bits per heavy atom. The molecule has 0 aliphatic carbocycles. The van der Waals surface area contributed by atoms with Crippen molar-refractivity contribution in [3.8, 4) is 0 Å². The molecule has 0 atom stereocenters. The molecule has 2 amide bonds. The van der Waals surface area contributed by atoms with Crippen molar-refractivity contribution in [1.29, 1.82) is 0 Å². The number of carbonyl (C=O) groups excluding carboxylic acids is 2. The zero-order valence-corrected chi connectivity index (χ0v) is 18.7. The van der Waals surface area contributed by atoms with Gasteiger partial charge in [0.05, 0.1) is 27.4 Å². The van der Waals surface area contributed by atoms with E-state index in [1.165, 1.54) is 24.3 Å². The largest absolute Gasteiger partial charge is 0.339 e. The Morgan fingerprint density at radius 2 is 1.28 bits per heavy atom. The zero-order chi connectivity index (χ0) is 23.1. The number of para-hydroxylation sites is 2. The first-order chi connectivity index (χ1) is 15.4. The SMILES string of the molecule is CCN(CC)C(=O)c1ccccc1NC(=O)c1ccccc1NS(=O)(=O)c1ccccc1. The first-order valence-electron chi connectivity index (χ1n) is 10.2. The Bertz CT molecular complexity index is 1210. The summed E-state index contributed by atoms with van der Waals surface area (Å²) in [6, 6.07) is 21.0. The summed E-state index contributed by atoms with van der Waals surface area (Å²) in [7, 11) is -3.87. The summed E-state index contributed by atoms with van der Waals surface area (Å²) < 4.78 is 27.9. The van der Waals surface area contributed by atoms with Crippen LogP contribution < -0.4 is 10.0 Å². The van der Waals surface area contributed by atoms with Gasteiger partial charge in [-0.15, -0.1) is 0 Å². The molecule has 0 aromatic heterocycles. The van der Waals surface area contributed by atoms with Gasteiger partial charge in [-0.05, 0) is 50.2 Å². The van der Waals surface area contributed by atoms with Gasteiger partial charge in [0.25, 0.3) is 21.8 Å². The van der Waals surface area contributed by atoms with E-state index in [2.05, 4.69) is 10.0 Å². The van der Waals surface area contributed by atoms with Crippen molar-refractivity contribution in [2.75, 3.05) is 23.1 Å². The van der Waals surface area contributed by atoms with Gasteiger partial charge in [0.1, 0.15) is 0 Å². The second kappa shape index (κ2) is 10.1. The van der Waals surface area contributed by atoms with Crippen LogP contribution in [-0.4, -0.2) is 38.2 Å². The molecule has 3 aromatic rings. The molecule has 0 fully saturated rings. The van der Waals surface area contributed by atoms with Crippen LogP contribution in [0.15, 0.2) is 83.8 Å². The second-order valence-electron chi connectivity index (χ2n) is 6.94. The molecule has 0 unspecified atom stereocenters. The van der Waals surface area contributed by atoms with Gasteiger partial charge in [-0.2, -0.15) is 0 Å². The number of nitrogens with zero attached hydrogens (tertiary/aromatic N) is 1. The van der Waals surface area contributed by atoms with Gasteiger partial charge in [0.2, 0.25) is 0 Å². The highest BCUT2D eigenvalue weighted by atomic mass is 32.2. The van der Waals surface area contributed by atoms with Crippen molar-refractivity contribution in [3.05, 3.63) is 90.0 Å². The lowest BCUT2D eigenvalue weighted by Gasteiger charge is -2.20. The minimum Gasteiger partial charge on any atom is -0.339 e. The molecule has 0 bridgehead atoms. The number of carbonyl (C=O) groups is 2. The van der Waals surface area contributed by atoms with E-state index < -0.39 is 15.9 Å². The van der Waals surface area contributed by atoms with E-state index in [1.54, 1.807) is 59.5 Å². The van der Waals surface area contributed by atoms with Crippen molar-refractivity contribution in [3.63, 3.8) is 0 Å². The average Bonchev–Trinajstić information content (AvgIpc) is 2.81. The van der Waals surface area contributed by atoms with Gasteiger partial charge in [-0.3, -0.25) is 14.3 Å². The molecule has 0 saturated heterocycles. The molecule has 32 heavy (non-hydrogen) atoms. The maximum Gasteiger partial charge on any atom is 0.261 e. The maximum atomic E-state index is 13.1. The fraction of sp³-hybridized carbons (Fsp3) is 0.167. The van der Waals surface area contributed by atoms with E-state index in [9.17, 15) is 18.0 Å². The van der Waals surface area contributed by atoms with Crippen molar-refractivity contribution < 1.29 is 18.0 Å². The highest BCUT2D eigenvalue weighted by molar-refractivity contribution is 7.92. The van der Waals surface area contributed by atoms with Crippen molar-refractivity contribution in [2.45, 2.75) is 18.7 Å². The Labute approximate surface area is 188 Å². The molecule has 0 aliphatic heterocycles. The van der Waals surface area contributed by atoms with Crippen molar-refractivity contribution in [1.82, 2.24) is 4.90 Å². The van der Waals surface area contributed by atoms with E-state index in [1.807, 2.05) is 13.8 Å². The third-order valence-corrected chi connectivity index (χ3v) is 6.31. The lowest BCUT2D eigenvalue weighted by molar-refractivity contribution is 0.0774. The number of hydrogen-bond acceptors (Lipinski definition) is 4. The van der Waals surface area contributed by atoms with Crippen LogP contribution >= 0.6 is 0 Å². The molecular weight excluding hydrogens is 426 g/mol. The number of anilines is 2. The summed E-state index contributed by atoms with van der Waals surface area (Å²) in [6.07, 6.45) is 0. The molecule has 8 heteroatoms. The monoisotopic (exact) mass is 451 g/mol.